The molecule has 0 bridgehead atoms. The number of hydrogen-bond acceptors (Lipinski definition) is 7. The van der Waals surface area contributed by atoms with Crippen molar-refractivity contribution in [3.05, 3.63) is 104 Å². The zero-order valence-electron chi connectivity index (χ0n) is 20.7. The minimum atomic E-state index is -0.399. The number of ether oxygens (including phenoxy) is 1. The van der Waals surface area contributed by atoms with Gasteiger partial charge in [0, 0.05) is 39.7 Å². The molecule has 0 aliphatic heterocycles. The topological polar surface area (TPSA) is 130 Å². The molecule has 190 valence electrons. The molecule has 0 fully saturated rings. The Balaban J connectivity index is 1.53. The third kappa shape index (κ3) is 4.75. The van der Waals surface area contributed by atoms with E-state index in [1.165, 1.54) is 10.6 Å². The minimum Gasteiger partial charge on any atom is -0.486 e. The number of benzene rings is 1. The molecule has 9 nitrogen and oxygen atoms in total. The molecular formula is C28H23ClN6O3. The Hall–Kier alpha value is -4.52. The summed E-state index contributed by atoms with van der Waals surface area (Å²) in [4.78, 5) is 22.0. The average molecular weight is 527 g/mol. The number of nitrogens with zero attached hydrogens (tertiary/aromatic N) is 5. The average Bonchev–Trinajstić information content (AvgIpc) is 3.38. The lowest BCUT2D eigenvalue weighted by atomic mass is 10.0. The number of halogens is 1. The fourth-order valence-electron chi connectivity index (χ4n) is 4.40. The summed E-state index contributed by atoms with van der Waals surface area (Å²) in [6.45, 7) is 3.79. The fourth-order valence-corrected chi connectivity index (χ4v) is 4.72. The van der Waals surface area contributed by atoms with Crippen LogP contribution in [0.4, 0.5) is 0 Å². The summed E-state index contributed by atoms with van der Waals surface area (Å²) in [5, 5.41) is 27.3. The van der Waals surface area contributed by atoms with Crippen molar-refractivity contribution in [3.8, 4) is 23.1 Å². The van der Waals surface area contributed by atoms with E-state index in [2.05, 4.69) is 15.2 Å². The molecule has 0 aliphatic carbocycles. The molecule has 5 rings (SSSR count). The molecule has 0 radical (unpaired) electrons. The number of rotatable bonds is 7. The molecule has 0 unspecified atom stereocenters. The van der Waals surface area contributed by atoms with E-state index in [-0.39, 0.29) is 25.3 Å². The van der Waals surface area contributed by atoms with E-state index in [4.69, 9.17) is 21.3 Å². The summed E-state index contributed by atoms with van der Waals surface area (Å²) < 4.78 is 7.69. The Morgan fingerprint density at radius 2 is 1.97 bits per heavy atom. The standard InChI is InChI=1S/C28H23ClN6O3/c1-16-9-21(26-19(14-36)12-31-34-26)20-6-3-7-25(27(20)33-16)38-15-22-23(29)10-17(2)32-24(22)13-35-8-4-5-18(11-30)28(35)37/h3-10,12,36H,13-15H2,1-2H3,(H,31,34). The van der Waals surface area contributed by atoms with Crippen LogP contribution in [0.25, 0.3) is 22.2 Å². The molecular weight excluding hydrogens is 504 g/mol. The Bertz CT molecular complexity index is 1770. The quantitative estimate of drug-likeness (QED) is 0.320. The Morgan fingerprint density at radius 3 is 2.76 bits per heavy atom. The van der Waals surface area contributed by atoms with E-state index in [0.29, 0.717) is 38.8 Å². The summed E-state index contributed by atoms with van der Waals surface area (Å²) in [6.07, 6.45) is 3.21. The number of hydrogen-bond donors (Lipinski definition) is 2. The van der Waals surface area contributed by atoms with E-state index in [9.17, 15) is 15.2 Å². The van der Waals surface area contributed by atoms with Gasteiger partial charge in [-0.15, -0.1) is 0 Å². The highest BCUT2D eigenvalue weighted by Gasteiger charge is 2.17. The first-order valence-corrected chi connectivity index (χ1v) is 12.2. The van der Waals surface area contributed by atoms with E-state index in [0.717, 1.165) is 22.3 Å². The van der Waals surface area contributed by atoms with Crippen LogP contribution in [0.15, 0.2) is 59.7 Å². The van der Waals surface area contributed by atoms with Crippen LogP contribution in [0, 0.1) is 25.2 Å². The number of nitriles is 1. The predicted octanol–water partition coefficient (Wildman–Crippen LogP) is 4.44. The van der Waals surface area contributed by atoms with Crippen molar-refractivity contribution in [2.45, 2.75) is 33.6 Å². The minimum absolute atomic E-state index is 0.0543. The molecule has 0 amide bonds. The number of H-pyrrole nitrogens is 1. The summed E-state index contributed by atoms with van der Waals surface area (Å²) >= 11 is 6.62. The first-order valence-electron chi connectivity index (χ1n) is 11.8. The number of fused-ring (bicyclic) bond motifs is 1. The second-order valence-electron chi connectivity index (χ2n) is 8.82. The van der Waals surface area contributed by atoms with Crippen molar-refractivity contribution in [2.24, 2.45) is 0 Å². The SMILES string of the molecule is Cc1cc(Cl)c(COc2cccc3c(-c4[nH]ncc4CO)cc(C)nc23)c(Cn2cccc(C#N)c2=O)n1. The van der Waals surface area contributed by atoms with Crippen molar-refractivity contribution in [1.82, 2.24) is 24.7 Å². The summed E-state index contributed by atoms with van der Waals surface area (Å²) in [6, 6.07) is 14.4. The molecule has 2 N–H and O–H groups in total. The highest BCUT2D eigenvalue weighted by Crippen LogP contribution is 2.34. The van der Waals surface area contributed by atoms with Crippen LogP contribution >= 0.6 is 11.6 Å². The van der Waals surface area contributed by atoms with E-state index >= 15 is 0 Å². The van der Waals surface area contributed by atoms with Crippen molar-refractivity contribution < 1.29 is 9.84 Å². The number of aromatic nitrogens is 5. The maximum atomic E-state index is 12.6. The van der Waals surface area contributed by atoms with Crippen LogP contribution in [0.1, 0.15) is 33.8 Å². The molecule has 0 spiro atoms. The highest BCUT2D eigenvalue weighted by molar-refractivity contribution is 6.31. The first-order chi connectivity index (χ1) is 18.4. The van der Waals surface area contributed by atoms with Gasteiger partial charge >= 0.3 is 0 Å². The maximum Gasteiger partial charge on any atom is 0.268 e. The zero-order valence-corrected chi connectivity index (χ0v) is 21.5. The van der Waals surface area contributed by atoms with Gasteiger partial charge in [-0.05, 0) is 44.2 Å². The third-order valence-electron chi connectivity index (χ3n) is 6.20. The van der Waals surface area contributed by atoms with Crippen LogP contribution in [0.2, 0.25) is 5.02 Å². The molecule has 10 heteroatoms. The number of pyridine rings is 3. The number of aryl methyl sites for hydroxylation is 2. The largest absolute Gasteiger partial charge is 0.486 e. The molecule has 4 heterocycles. The number of aliphatic hydroxyl groups is 1. The van der Waals surface area contributed by atoms with Crippen LogP contribution in [-0.2, 0) is 19.8 Å². The Kier molecular flexibility index (Phi) is 6.92. The first kappa shape index (κ1) is 25.1. The summed E-state index contributed by atoms with van der Waals surface area (Å²) in [5.74, 6) is 0.545. The van der Waals surface area contributed by atoms with Crippen LogP contribution in [0.5, 0.6) is 5.75 Å². The number of aliphatic hydroxyl groups excluding tert-OH is 1. The molecule has 5 aromatic rings. The second-order valence-corrected chi connectivity index (χ2v) is 9.23. The van der Waals surface area contributed by atoms with Gasteiger partial charge in [0.1, 0.15) is 29.5 Å². The summed E-state index contributed by atoms with van der Waals surface area (Å²) in [5.41, 5.74) is 5.24. The van der Waals surface area contributed by atoms with Crippen molar-refractivity contribution in [2.75, 3.05) is 0 Å². The monoisotopic (exact) mass is 526 g/mol. The van der Waals surface area contributed by atoms with Gasteiger partial charge in [-0.1, -0.05) is 23.7 Å². The summed E-state index contributed by atoms with van der Waals surface area (Å²) in [7, 11) is 0. The van der Waals surface area contributed by atoms with E-state index in [1.807, 2.05) is 44.2 Å². The molecule has 4 aromatic heterocycles. The van der Waals surface area contributed by atoms with Crippen LogP contribution in [-0.4, -0.2) is 29.8 Å². The third-order valence-corrected chi connectivity index (χ3v) is 6.54. The smallest absolute Gasteiger partial charge is 0.268 e. The molecule has 0 aliphatic rings. The highest BCUT2D eigenvalue weighted by atomic mass is 35.5. The fraction of sp³-hybridized carbons (Fsp3) is 0.179. The lowest BCUT2D eigenvalue weighted by Gasteiger charge is -2.16. The predicted molar refractivity (Wildman–Crippen MR) is 143 cm³/mol. The maximum absolute atomic E-state index is 12.6. The van der Waals surface area contributed by atoms with Gasteiger partial charge in [-0.3, -0.25) is 14.9 Å². The number of para-hydroxylation sites is 1. The van der Waals surface area contributed by atoms with Gasteiger partial charge in [0.25, 0.3) is 5.56 Å². The molecule has 0 atom stereocenters. The van der Waals surface area contributed by atoms with Crippen molar-refractivity contribution >= 4 is 22.5 Å². The van der Waals surface area contributed by atoms with Gasteiger partial charge in [0.05, 0.1) is 35.8 Å². The van der Waals surface area contributed by atoms with Crippen LogP contribution in [0.3, 0.4) is 0 Å². The zero-order chi connectivity index (χ0) is 26.8. The number of aromatic amines is 1. The lowest BCUT2D eigenvalue weighted by molar-refractivity contribution is 0.282. The molecule has 38 heavy (non-hydrogen) atoms. The molecule has 0 saturated carbocycles. The Morgan fingerprint density at radius 1 is 1.16 bits per heavy atom. The second kappa shape index (κ2) is 10.5. The lowest BCUT2D eigenvalue weighted by Crippen LogP contribution is -2.23. The van der Waals surface area contributed by atoms with Crippen LogP contribution < -0.4 is 10.3 Å². The number of nitrogens with one attached hydrogen (secondary N) is 1. The van der Waals surface area contributed by atoms with Gasteiger partial charge in [0.2, 0.25) is 0 Å². The van der Waals surface area contributed by atoms with Crippen molar-refractivity contribution in [1.29, 1.82) is 5.26 Å². The van der Waals surface area contributed by atoms with Gasteiger partial charge in [0.15, 0.2) is 0 Å². The van der Waals surface area contributed by atoms with E-state index in [1.54, 1.807) is 24.5 Å². The normalized spacial score (nSPS) is 11.0. The van der Waals surface area contributed by atoms with Gasteiger partial charge in [-0.2, -0.15) is 10.4 Å². The van der Waals surface area contributed by atoms with E-state index < -0.39 is 5.56 Å². The molecule has 1 aromatic carbocycles. The van der Waals surface area contributed by atoms with Gasteiger partial charge < -0.3 is 14.4 Å². The Labute approximate surface area is 223 Å². The van der Waals surface area contributed by atoms with Gasteiger partial charge in [-0.25, -0.2) is 4.98 Å². The molecule has 0 saturated heterocycles. The van der Waals surface area contributed by atoms with Crippen molar-refractivity contribution in [3.63, 3.8) is 0 Å².